The Kier molecular flexibility index (Phi) is 2.55. The Bertz CT molecular complexity index is 415. The van der Waals surface area contributed by atoms with Gasteiger partial charge in [-0.2, -0.15) is 0 Å². The minimum atomic E-state index is 0.388. The van der Waals surface area contributed by atoms with Gasteiger partial charge in [-0.15, -0.1) is 0 Å². The van der Waals surface area contributed by atoms with Crippen LogP contribution in [0.25, 0.3) is 11.0 Å². The molecule has 0 amide bonds. The summed E-state index contributed by atoms with van der Waals surface area (Å²) in [4.78, 5) is 0. The maximum absolute atomic E-state index is 5.49. The lowest BCUT2D eigenvalue weighted by Gasteiger charge is -2.11. The van der Waals surface area contributed by atoms with Crippen LogP contribution in [0.4, 0.5) is 0 Å². The Labute approximate surface area is 83.9 Å². The Morgan fingerprint density at radius 1 is 1.36 bits per heavy atom. The third kappa shape index (κ3) is 1.42. The van der Waals surface area contributed by atoms with Crippen LogP contribution >= 0.6 is 0 Å². The summed E-state index contributed by atoms with van der Waals surface area (Å²) in [6, 6.07) is 8.54. The molecular weight excluding hydrogens is 174 g/mol. The van der Waals surface area contributed by atoms with Gasteiger partial charge in [-0.05, 0) is 19.5 Å². The van der Waals surface area contributed by atoms with E-state index in [1.807, 2.05) is 31.5 Å². The van der Waals surface area contributed by atoms with Crippen LogP contribution in [-0.4, -0.2) is 7.05 Å². The van der Waals surface area contributed by atoms with Crippen LogP contribution in [0.1, 0.15) is 24.9 Å². The van der Waals surface area contributed by atoms with Crippen molar-refractivity contribution in [3.05, 3.63) is 36.1 Å². The van der Waals surface area contributed by atoms with E-state index in [-0.39, 0.29) is 0 Å². The van der Waals surface area contributed by atoms with Crippen molar-refractivity contribution in [2.24, 2.45) is 0 Å². The second kappa shape index (κ2) is 3.84. The number of furan rings is 1. The SMILES string of the molecule is CCC(NC)c1coc2ccccc12. The van der Waals surface area contributed by atoms with Crippen molar-refractivity contribution in [1.29, 1.82) is 0 Å². The van der Waals surface area contributed by atoms with Gasteiger partial charge < -0.3 is 9.73 Å². The van der Waals surface area contributed by atoms with Gasteiger partial charge in [-0.25, -0.2) is 0 Å². The molecule has 14 heavy (non-hydrogen) atoms. The molecule has 1 heterocycles. The number of para-hydroxylation sites is 1. The van der Waals surface area contributed by atoms with Gasteiger partial charge in [0.15, 0.2) is 0 Å². The second-order valence-corrected chi connectivity index (χ2v) is 3.44. The summed E-state index contributed by atoms with van der Waals surface area (Å²) in [5.74, 6) is 0. The van der Waals surface area contributed by atoms with Gasteiger partial charge in [0.25, 0.3) is 0 Å². The summed E-state index contributed by atoms with van der Waals surface area (Å²) in [5.41, 5.74) is 2.22. The molecule has 2 nitrogen and oxygen atoms in total. The number of rotatable bonds is 3. The van der Waals surface area contributed by atoms with E-state index >= 15 is 0 Å². The average Bonchev–Trinajstić information content (AvgIpc) is 2.65. The zero-order chi connectivity index (χ0) is 9.97. The van der Waals surface area contributed by atoms with E-state index in [4.69, 9.17) is 4.42 Å². The van der Waals surface area contributed by atoms with Crippen molar-refractivity contribution >= 4 is 11.0 Å². The van der Waals surface area contributed by atoms with Gasteiger partial charge in [-0.1, -0.05) is 25.1 Å². The van der Waals surface area contributed by atoms with Gasteiger partial charge in [-0.3, -0.25) is 0 Å². The molecule has 0 aliphatic rings. The lowest BCUT2D eigenvalue weighted by atomic mass is 10.0. The molecule has 74 valence electrons. The highest BCUT2D eigenvalue weighted by atomic mass is 16.3. The lowest BCUT2D eigenvalue weighted by molar-refractivity contribution is 0.554. The topological polar surface area (TPSA) is 25.2 Å². The molecule has 0 saturated heterocycles. The van der Waals surface area contributed by atoms with Crippen molar-refractivity contribution < 1.29 is 4.42 Å². The smallest absolute Gasteiger partial charge is 0.134 e. The van der Waals surface area contributed by atoms with Gasteiger partial charge in [0.1, 0.15) is 5.58 Å². The molecule has 1 atom stereocenters. The van der Waals surface area contributed by atoms with Crippen LogP contribution in [0.15, 0.2) is 34.9 Å². The molecule has 2 heteroatoms. The first-order valence-electron chi connectivity index (χ1n) is 5.00. The zero-order valence-electron chi connectivity index (χ0n) is 8.58. The molecule has 1 aromatic heterocycles. The monoisotopic (exact) mass is 189 g/mol. The molecule has 0 aliphatic carbocycles. The molecule has 0 spiro atoms. The minimum Gasteiger partial charge on any atom is -0.464 e. The maximum atomic E-state index is 5.49. The highest BCUT2D eigenvalue weighted by molar-refractivity contribution is 5.81. The Hall–Kier alpha value is -1.28. The number of hydrogen-bond donors (Lipinski definition) is 1. The summed E-state index contributed by atoms with van der Waals surface area (Å²) >= 11 is 0. The molecule has 0 aliphatic heterocycles. The quantitative estimate of drug-likeness (QED) is 0.802. The van der Waals surface area contributed by atoms with E-state index in [2.05, 4.69) is 18.3 Å². The number of hydrogen-bond acceptors (Lipinski definition) is 2. The van der Waals surface area contributed by atoms with Crippen molar-refractivity contribution in [1.82, 2.24) is 5.32 Å². The molecule has 1 N–H and O–H groups in total. The van der Waals surface area contributed by atoms with Crippen LogP contribution in [0.5, 0.6) is 0 Å². The van der Waals surface area contributed by atoms with Gasteiger partial charge in [0, 0.05) is 17.0 Å². The third-order valence-electron chi connectivity index (χ3n) is 2.64. The fraction of sp³-hybridized carbons (Fsp3) is 0.333. The van der Waals surface area contributed by atoms with E-state index in [0.717, 1.165) is 12.0 Å². The molecule has 0 bridgehead atoms. The molecular formula is C12H15NO. The van der Waals surface area contributed by atoms with Crippen molar-refractivity contribution in [3.8, 4) is 0 Å². The summed E-state index contributed by atoms with van der Waals surface area (Å²) in [5, 5.41) is 4.50. The van der Waals surface area contributed by atoms with Crippen LogP contribution in [0.2, 0.25) is 0 Å². The molecule has 0 fully saturated rings. The van der Waals surface area contributed by atoms with Crippen molar-refractivity contribution in [3.63, 3.8) is 0 Å². The number of benzene rings is 1. The van der Waals surface area contributed by atoms with Crippen molar-refractivity contribution in [2.75, 3.05) is 7.05 Å². The highest BCUT2D eigenvalue weighted by Crippen LogP contribution is 2.27. The number of fused-ring (bicyclic) bond motifs is 1. The highest BCUT2D eigenvalue weighted by Gasteiger charge is 2.12. The normalized spacial score (nSPS) is 13.3. The van der Waals surface area contributed by atoms with Crippen LogP contribution in [0, 0.1) is 0 Å². The van der Waals surface area contributed by atoms with E-state index in [9.17, 15) is 0 Å². The molecule has 0 saturated carbocycles. The first-order chi connectivity index (χ1) is 6.86. The van der Waals surface area contributed by atoms with Crippen LogP contribution in [-0.2, 0) is 0 Å². The van der Waals surface area contributed by atoms with Crippen molar-refractivity contribution in [2.45, 2.75) is 19.4 Å². The summed E-state index contributed by atoms with van der Waals surface area (Å²) in [6.45, 7) is 2.17. The van der Waals surface area contributed by atoms with Crippen LogP contribution < -0.4 is 5.32 Å². The average molecular weight is 189 g/mol. The van der Waals surface area contributed by atoms with Gasteiger partial charge in [0.05, 0.1) is 6.26 Å². The largest absolute Gasteiger partial charge is 0.464 e. The fourth-order valence-electron chi connectivity index (χ4n) is 1.85. The van der Waals surface area contributed by atoms with E-state index < -0.39 is 0 Å². The third-order valence-corrected chi connectivity index (χ3v) is 2.64. The lowest BCUT2D eigenvalue weighted by Crippen LogP contribution is -2.14. The summed E-state index contributed by atoms with van der Waals surface area (Å²) in [6.07, 6.45) is 2.93. The standard InChI is InChI=1S/C12H15NO/c1-3-11(13-2)10-8-14-12-7-5-4-6-9(10)12/h4-8,11,13H,3H2,1-2H3. The van der Waals surface area contributed by atoms with E-state index in [0.29, 0.717) is 6.04 Å². The summed E-state index contributed by atoms with van der Waals surface area (Å²) in [7, 11) is 1.98. The molecule has 1 aromatic carbocycles. The second-order valence-electron chi connectivity index (χ2n) is 3.44. The minimum absolute atomic E-state index is 0.388. The first kappa shape index (κ1) is 9.28. The Morgan fingerprint density at radius 3 is 2.86 bits per heavy atom. The van der Waals surface area contributed by atoms with Gasteiger partial charge >= 0.3 is 0 Å². The molecule has 0 radical (unpaired) electrons. The van der Waals surface area contributed by atoms with Crippen LogP contribution in [0.3, 0.4) is 0 Å². The molecule has 1 unspecified atom stereocenters. The number of nitrogens with one attached hydrogen (secondary N) is 1. The van der Waals surface area contributed by atoms with Gasteiger partial charge in [0.2, 0.25) is 0 Å². The maximum Gasteiger partial charge on any atom is 0.134 e. The summed E-state index contributed by atoms with van der Waals surface area (Å²) < 4.78 is 5.49. The molecule has 2 aromatic rings. The fourth-order valence-corrected chi connectivity index (χ4v) is 1.85. The Morgan fingerprint density at radius 2 is 2.14 bits per heavy atom. The van der Waals surface area contributed by atoms with E-state index in [1.54, 1.807) is 0 Å². The molecule has 2 rings (SSSR count). The predicted octanol–water partition coefficient (Wildman–Crippen LogP) is 3.10. The van der Waals surface area contributed by atoms with E-state index in [1.165, 1.54) is 10.9 Å². The zero-order valence-corrected chi connectivity index (χ0v) is 8.58. The Balaban J connectivity index is 2.51. The predicted molar refractivity (Wildman–Crippen MR) is 58.3 cm³/mol. The first-order valence-corrected chi connectivity index (χ1v) is 5.00.